The van der Waals surface area contributed by atoms with E-state index in [1.54, 1.807) is 4.90 Å². The molecule has 1 aromatic heterocycles. The number of nitrogens with zero attached hydrogens (tertiary/aromatic N) is 3. The van der Waals surface area contributed by atoms with E-state index in [9.17, 15) is 33.1 Å². The minimum absolute atomic E-state index is 0.0233. The zero-order valence-corrected chi connectivity index (χ0v) is 24.0. The van der Waals surface area contributed by atoms with Crippen LogP contribution in [0.4, 0.5) is 8.78 Å². The Labute approximate surface area is 246 Å². The van der Waals surface area contributed by atoms with Crippen LogP contribution in [0.3, 0.4) is 0 Å². The normalized spacial score (nSPS) is 25.7. The van der Waals surface area contributed by atoms with E-state index in [0.29, 0.717) is 38.2 Å². The summed E-state index contributed by atoms with van der Waals surface area (Å²) >= 11 is 0. The fraction of sp³-hybridized carbons (Fsp3) is 0.533. The van der Waals surface area contributed by atoms with Crippen molar-refractivity contribution in [1.29, 1.82) is 0 Å². The lowest BCUT2D eigenvalue weighted by Gasteiger charge is -2.42. The topological polar surface area (TPSA) is 130 Å². The van der Waals surface area contributed by atoms with Crippen LogP contribution >= 0.6 is 0 Å². The number of carbonyl (C=O) groups is 3. The Kier molecular flexibility index (Phi) is 7.49. The molecule has 11 nitrogen and oxygen atoms in total. The van der Waals surface area contributed by atoms with Gasteiger partial charge in [0.25, 0.3) is 11.8 Å². The number of nitrogens with one attached hydrogen (secondary N) is 1. The summed E-state index contributed by atoms with van der Waals surface area (Å²) in [6, 6.07) is 1.28. The van der Waals surface area contributed by atoms with Crippen molar-refractivity contribution in [1.82, 2.24) is 19.8 Å². The lowest BCUT2D eigenvalue weighted by Crippen LogP contribution is -2.52. The van der Waals surface area contributed by atoms with E-state index in [4.69, 9.17) is 9.57 Å². The average Bonchev–Trinajstić information content (AvgIpc) is 3.22. The van der Waals surface area contributed by atoms with Gasteiger partial charge in [-0.1, -0.05) is 0 Å². The summed E-state index contributed by atoms with van der Waals surface area (Å²) < 4.78 is 35.6. The van der Waals surface area contributed by atoms with Gasteiger partial charge in [0, 0.05) is 44.1 Å². The lowest BCUT2D eigenvalue weighted by molar-refractivity contribution is -0.219. The van der Waals surface area contributed by atoms with Gasteiger partial charge in [-0.2, -0.15) is 0 Å². The highest BCUT2D eigenvalue weighted by molar-refractivity contribution is 5.99. The summed E-state index contributed by atoms with van der Waals surface area (Å²) in [4.78, 5) is 61.3. The highest BCUT2D eigenvalue weighted by Crippen LogP contribution is 2.47. The molecule has 1 spiro atoms. The molecule has 13 heteroatoms. The van der Waals surface area contributed by atoms with Gasteiger partial charge < -0.3 is 24.6 Å². The van der Waals surface area contributed by atoms with Crippen LogP contribution in [0.5, 0.6) is 5.75 Å². The van der Waals surface area contributed by atoms with Gasteiger partial charge in [0.2, 0.25) is 11.3 Å². The third-order valence-corrected chi connectivity index (χ3v) is 9.25. The highest BCUT2D eigenvalue weighted by atomic mass is 19.1. The number of benzene rings is 1. The number of fused-ring (bicyclic) bond motifs is 5. The number of ether oxygens (including phenoxy) is 1. The Morgan fingerprint density at radius 2 is 1.84 bits per heavy atom. The van der Waals surface area contributed by atoms with Crippen LogP contribution in [0.25, 0.3) is 0 Å². The number of carbonyl (C=O) groups excluding carboxylic acids is 3. The number of aryl methyl sites for hydroxylation is 1. The maximum Gasteiger partial charge on any atom is 0.274 e. The monoisotopic (exact) mass is 600 g/mol. The van der Waals surface area contributed by atoms with E-state index in [1.807, 2.05) is 6.92 Å². The standard InChI is InChI=1S/C30H34F2N4O7/c1-16-9-21(31)19(22(32)10-16)12-33-28(40)20-14-35-23-15-34(29(41)25(35)27(39)26(20)38)17(2)3-6-30(23)11-24(37)36(43-30)13-18-4-7-42-8-5-18/h9-10,14,17-18,23,39H,3-8,11-13,15H2,1-2H3,(H,33,40)/t17-,23+,30-/m0/s1. The molecule has 5 heterocycles. The minimum atomic E-state index is -1.09. The van der Waals surface area contributed by atoms with Crippen LogP contribution in [0.15, 0.2) is 23.1 Å². The van der Waals surface area contributed by atoms with Crippen molar-refractivity contribution < 1.29 is 37.8 Å². The van der Waals surface area contributed by atoms with Crippen molar-refractivity contribution in [2.24, 2.45) is 5.92 Å². The van der Waals surface area contributed by atoms with E-state index in [0.717, 1.165) is 25.0 Å². The first kappa shape index (κ1) is 29.2. The maximum atomic E-state index is 14.4. The Hall–Kier alpha value is -3.84. The van der Waals surface area contributed by atoms with Crippen molar-refractivity contribution in [2.75, 3.05) is 26.3 Å². The Balaban J connectivity index is 1.35. The number of pyridine rings is 1. The van der Waals surface area contributed by atoms with Crippen LogP contribution in [-0.2, 0) is 20.9 Å². The van der Waals surface area contributed by atoms with Crippen molar-refractivity contribution >= 4 is 17.7 Å². The first-order valence-corrected chi connectivity index (χ1v) is 14.6. The molecule has 6 rings (SSSR count). The molecule has 3 amide bonds. The van der Waals surface area contributed by atoms with Crippen LogP contribution < -0.4 is 10.7 Å². The second-order valence-electron chi connectivity index (χ2n) is 12.1. The van der Waals surface area contributed by atoms with Gasteiger partial charge in [-0.05, 0) is 63.1 Å². The number of aromatic nitrogens is 1. The van der Waals surface area contributed by atoms with Crippen LogP contribution in [0.2, 0.25) is 0 Å². The fourth-order valence-corrected chi connectivity index (χ4v) is 6.73. The molecule has 0 saturated carbocycles. The van der Waals surface area contributed by atoms with E-state index < -0.39 is 58.4 Å². The van der Waals surface area contributed by atoms with Crippen molar-refractivity contribution in [3.63, 3.8) is 0 Å². The number of hydrogen-bond donors (Lipinski definition) is 2. The quantitative estimate of drug-likeness (QED) is 0.540. The van der Waals surface area contributed by atoms with Crippen LogP contribution in [0.1, 0.15) is 77.0 Å². The highest BCUT2D eigenvalue weighted by Gasteiger charge is 2.56. The predicted octanol–water partition coefficient (Wildman–Crippen LogP) is 2.58. The van der Waals surface area contributed by atoms with E-state index in [1.165, 1.54) is 22.8 Å². The summed E-state index contributed by atoms with van der Waals surface area (Å²) in [5, 5.41) is 14.8. The Morgan fingerprint density at radius 3 is 2.53 bits per heavy atom. The molecule has 3 saturated heterocycles. The van der Waals surface area contributed by atoms with Crippen LogP contribution in [-0.4, -0.2) is 75.3 Å². The maximum absolute atomic E-state index is 14.4. The molecule has 4 aliphatic heterocycles. The molecule has 3 atom stereocenters. The van der Waals surface area contributed by atoms with Gasteiger partial charge in [0.1, 0.15) is 22.8 Å². The first-order valence-electron chi connectivity index (χ1n) is 14.6. The molecule has 0 aliphatic carbocycles. The van der Waals surface area contributed by atoms with Gasteiger partial charge >= 0.3 is 0 Å². The molecule has 2 bridgehead atoms. The zero-order chi connectivity index (χ0) is 30.6. The second-order valence-corrected chi connectivity index (χ2v) is 12.1. The van der Waals surface area contributed by atoms with E-state index in [-0.39, 0.29) is 42.1 Å². The summed E-state index contributed by atoms with van der Waals surface area (Å²) in [7, 11) is 0. The van der Waals surface area contributed by atoms with Gasteiger partial charge in [-0.3, -0.25) is 24.0 Å². The molecule has 1 aromatic carbocycles. The summed E-state index contributed by atoms with van der Waals surface area (Å²) in [6.07, 6.45) is 3.74. The molecule has 230 valence electrons. The van der Waals surface area contributed by atoms with E-state index >= 15 is 0 Å². The number of aromatic hydroxyl groups is 1. The van der Waals surface area contributed by atoms with Gasteiger partial charge in [-0.25, -0.2) is 13.8 Å². The van der Waals surface area contributed by atoms with Crippen molar-refractivity contribution in [3.05, 3.63) is 62.6 Å². The van der Waals surface area contributed by atoms with Crippen molar-refractivity contribution in [3.8, 4) is 5.75 Å². The minimum Gasteiger partial charge on any atom is -0.503 e. The number of halogens is 2. The van der Waals surface area contributed by atoms with E-state index in [2.05, 4.69) is 5.32 Å². The average molecular weight is 601 g/mol. The van der Waals surface area contributed by atoms with Crippen LogP contribution in [0, 0.1) is 24.5 Å². The Morgan fingerprint density at radius 1 is 1.14 bits per heavy atom. The molecular formula is C30H34F2N4O7. The lowest BCUT2D eigenvalue weighted by atomic mass is 9.85. The number of hydrogen-bond acceptors (Lipinski definition) is 7. The molecule has 2 aromatic rings. The first-order chi connectivity index (χ1) is 20.5. The zero-order valence-electron chi connectivity index (χ0n) is 24.0. The summed E-state index contributed by atoms with van der Waals surface area (Å²) in [6.45, 7) is 4.61. The third-order valence-electron chi connectivity index (χ3n) is 9.25. The van der Waals surface area contributed by atoms with Gasteiger partial charge in [-0.15, -0.1) is 0 Å². The molecule has 2 N–H and O–H groups in total. The smallest absolute Gasteiger partial charge is 0.274 e. The molecular weight excluding hydrogens is 566 g/mol. The Bertz CT molecular complexity index is 1530. The molecule has 0 unspecified atom stereocenters. The second kappa shape index (κ2) is 11.0. The van der Waals surface area contributed by atoms with Crippen molar-refractivity contribution in [2.45, 2.75) is 70.2 Å². The predicted molar refractivity (Wildman–Crippen MR) is 147 cm³/mol. The molecule has 0 radical (unpaired) electrons. The van der Waals surface area contributed by atoms with Gasteiger partial charge in [0.15, 0.2) is 11.4 Å². The number of rotatable bonds is 5. The number of amides is 3. The summed E-state index contributed by atoms with van der Waals surface area (Å²) in [5.41, 5.74) is -3.00. The molecule has 3 fully saturated rings. The largest absolute Gasteiger partial charge is 0.503 e. The molecule has 43 heavy (non-hydrogen) atoms. The SMILES string of the molecule is Cc1cc(F)c(CNC(=O)c2cn3c(c(O)c2=O)C(=O)N2C[C@@H]3[C@]3(CC[C@@H]2C)CC(=O)N(CC2CCOCC2)O3)c(F)c1. The third kappa shape index (κ3) is 5.07. The molecule has 4 aliphatic rings. The summed E-state index contributed by atoms with van der Waals surface area (Å²) in [5.74, 6) is -4.15. The van der Waals surface area contributed by atoms with Gasteiger partial charge in [0.05, 0.1) is 19.0 Å². The number of hydroxylamine groups is 2. The fourth-order valence-electron chi connectivity index (χ4n) is 6.73.